The van der Waals surface area contributed by atoms with Gasteiger partial charge in [-0.2, -0.15) is 0 Å². The van der Waals surface area contributed by atoms with Crippen LogP contribution in [-0.4, -0.2) is 22.7 Å². The number of benzene rings is 2. The number of carbonyl (C=O) groups excluding carboxylic acids is 3. The summed E-state index contributed by atoms with van der Waals surface area (Å²) in [5.74, 6) is 3.83. The molecule has 3 amide bonds. The summed E-state index contributed by atoms with van der Waals surface area (Å²) in [6.07, 6.45) is 2.95. The second kappa shape index (κ2) is 12.8. The smallest absolute Gasteiger partial charge is 0.267 e. The topological polar surface area (TPSA) is 140 Å². The van der Waals surface area contributed by atoms with Crippen molar-refractivity contribution in [2.24, 2.45) is 17.5 Å². The summed E-state index contributed by atoms with van der Waals surface area (Å²) < 4.78 is 13.5. The van der Waals surface area contributed by atoms with Crippen molar-refractivity contribution in [2.75, 3.05) is 0 Å². The fourth-order valence-corrected chi connectivity index (χ4v) is 6.64. The van der Waals surface area contributed by atoms with Gasteiger partial charge in [0.15, 0.2) is 0 Å². The molecule has 2 aromatic heterocycles. The van der Waals surface area contributed by atoms with Crippen molar-refractivity contribution >= 4 is 29.1 Å². The molecule has 0 bridgehead atoms. The van der Waals surface area contributed by atoms with Crippen molar-refractivity contribution in [2.45, 2.75) is 52.0 Å². The van der Waals surface area contributed by atoms with Crippen LogP contribution in [0, 0.1) is 11.7 Å². The summed E-state index contributed by atoms with van der Waals surface area (Å²) >= 11 is 1.17. The Morgan fingerprint density at radius 2 is 1.72 bits per heavy atom. The molecule has 6 N–H and O–H groups in total. The van der Waals surface area contributed by atoms with Crippen LogP contribution in [-0.2, 0) is 25.7 Å². The van der Waals surface area contributed by atoms with Gasteiger partial charge in [-0.3, -0.25) is 24.8 Å². The van der Waals surface area contributed by atoms with Crippen LogP contribution in [0.5, 0.6) is 0 Å². The quantitative estimate of drug-likeness (QED) is 0.115. The minimum atomic E-state index is -0.726. The van der Waals surface area contributed by atoms with Crippen LogP contribution in [0.25, 0.3) is 10.4 Å². The second-order valence-electron chi connectivity index (χ2n) is 11.1. The van der Waals surface area contributed by atoms with Crippen molar-refractivity contribution in [1.82, 2.24) is 15.7 Å². The minimum Gasteiger partial charge on any atom is -0.366 e. The first-order valence-corrected chi connectivity index (χ1v) is 15.1. The molecular weight excluding hydrogens is 565 g/mol. The van der Waals surface area contributed by atoms with Crippen LogP contribution in [0.15, 0.2) is 60.7 Å². The third-order valence-electron chi connectivity index (χ3n) is 7.63. The van der Waals surface area contributed by atoms with Crippen molar-refractivity contribution in [3.05, 3.63) is 111 Å². The summed E-state index contributed by atoms with van der Waals surface area (Å²) in [4.78, 5) is 45.4. The van der Waals surface area contributed by atoms with Gasteiger partial charge >= 0.3 is 0 Å². The summed E-state index contributed by atoms with van der Waals surface area (Å²) in [5, 5.41) is 3.13. The average molecular weight is 600 g/mol. The molecule has 43 heavy (non-hydrogen) atoms. The monoisotopic (exact) mass is 599 g/mol. The molecule has 2 heterocycles. The van der Waals surface area contributed by atoms with Crippen molar-refractivity contribution in [3.8, 4) is 10.4 Å². The number of halogens is 1. The van der Waals surface area contributed by atoms with Crippen LogP contribution < -0.4 is 22.3 Å². The Morgan fingerprint density at radius 1 is 0.977 bits per heavy atom. The molecule has 0 spiro atoms. The third kappa shape index (κ3) is 6.50. The Bertz CT molecular complexity index is 1680. The molecule has 1 atom stereocenters. The molecular formula is C33H34FN5O3S. The van der Waals surface area contributed by atoms with E-state index < -0.39 is 11.8 Å². The third-order valence-corrected chi connectivity index (χ3v) is 8.73. The van der Waals surface area contributed by atoms with E-state index in [4.69, 9.17) is 16.6 Å². The van der Waals surface area contributed by atoms with Crippen LogP contribution in [0.4, 0.5) is 4.39 Å². The number of carbonyl (C=O) groups is 3. The highest BCUT2D eigenvalue weighted by Gasteiger charge is 2.30. The fraction of sp³-hybridized carbons (Fsp3) is 0.273. The predicted octanol–water partition coefficient (Wildman–Crippen LogP) is 5.05. The maximum Gasteiger partial charge on any atom is 0.267 e. The molecule has 2 aromatic carbocycles. The molecule has 10 heteroatoms. The number of nitrogens with zero attached hydrogens (tertiary/aromatic N) is 1. The first-order chi connectivity index (χ1) is 20.7. The molecule has 4 aromatic rings. The van der Waals surface area contributed by atoms with Gasteiger partial charge in [-0.1, -0.05) is 50.2 Å². The van der Waals surface area contributed by atoms with Crippen LogP contribution in [0.2, 0.25) is 0 Å². The molecule has 8 nitrogen and oxygen atoms in total. The number of thiophene rings is 1. The molecule has 1 unspecified atom stereocenters. The molecule has 1 aliphatic rings. The van der Waals surface area contributed by atoms with E-state index in [0.29, 0.717) is 46.0 Å². The Labute approximate surface area is 253 Å². The predicted molar refractivity (Wildman–Crippen MR) is 165 cm³/mol. The van der Waals surface area contributed by atoms with Crippen molar-refractivity contribution in [3.63, 3.8) is 0 Å². The van der Waals surface area contributed by atoms with E-state index in [0.717, 1.165) is 24.0 Å². The molecule has 0 aliphatic heterocycles. The maximum atomic E-state index is 13.5. The Hall–Kier alpha value is -4.41. The molecule has 222 valence electrons. The van der Waals surface area contributed by atoms with Crippen LogP contribution >= 0.6 is 11.3 Å². The minimum absolute atomic E-state index is 0.0920. The van der Waals surface area contributed by atoms with E-state index in [1.165, 1.54) is 29.0 Å². The van der Waals surface area contributed by atoms with Gasteiger partial charge < -0.3 is 11.1 Å². The zero-order valence-corrected chi connectivity index (χ0v) is 24.9. The zero-order chi connectivity index (χ0) is 30.7. The van der Waals surface area contributed by atoms with E-state index in [9.17, 15) is 18.8 Å². The second-order valence-corrected chi connectivity index (χ2v) is 12.2. The Balaban J connectivity index is 1.57. The van der Waals surface area contributed by atoms with E-state index >= 15 is 0 Å². The normalized spacial score (nSPS) is 14.0. The Morgan fingerprint density at radius 3 is 2.42 bits per heavy atom. The number of hydrogen-bond donors (Lipinski definition) is 4. The number of aromatic nitrogens is 1. The van der Waals surface area contributed by atoms with Crippen LogP contribution in [0.1, 0.15) is 84.8 Å². The van der Waals surface area contributed by atoms with Crippen LogP contribution in [0.3, 0.4) is 0 Å². The molecule has 0 saturated carbocycles. The lowest BCUT2D eigenvalue weighted by atomic mass is 9.91. The number of fused-ring (bicyclic) bond motifs is 1. The number of rotatable bonds is 10. The first-order valence-electron chi connectivity index (χ1n) is 14.3. The lowest BCUT2D eigenvalue weighted by molar-refractivity contribution is 0.0936. The highest BCUT2D eigenvalue weighted by molar-refractivity contribution is 7.17. The van der Waals surface area contributed by atoms with Gasteiger partial charge in [0.05, 0.1) is 33.4 Å². The number of nitrogens with two attached hydrogens (primary N) is 2. The fourth-order valence-electron chi connectivity index (χ4n) is 5.68. The number of hydrazine groups is 1. The van der Waals surface area contributed by atoms with Crippen molar-refractivity contribution < 1.29 is 18.8 Å². The van der Waals surface area contributed by atoms with E-state index in [1.54, 1.807) is 24.3 Å². The number of amides is 3. The van der Waals surface area contributed by atoms with Gasteiger partial charge in [0.25, 0.3) is 17.7 Å². The molecule has 5 rings (SSSR count). The summed E-state index contributed by atoms with van der Waals surface area (Å²) in [6, 6.07) is 17.5. The SMILES string of the molecule is CC(C)Cc1nc(CCc2ccc(F)cc2)c(C(=O)NN)c(-c2ccc(C(=O)NC3CCc4ccccc43)s2)c1C(N)=O. The van der Waals surface area contributed by atoms with E-state index in [-0.39, 0.29) is 34.8 Å². The average Bonchev–Trinajstić information content (AvgIpc) is 3.63. The molecule has 0 saturated heterocycles. The highest BCUT2D eigenvalue weighted by Crippen LogP contribution is 2.38. The Kier molecular flexibility index (Phi) is 8.98. The van der Waals surface area contributed by atoms with Gasteiger partial charge in [0, 0.05) is 10.4 Å². The van der Waals surface area contributed by atoms with Gasteiger partial charge in [-0.05, 0) is 79.0 Å². The first kappa shape index (κ1) is 30.1. The van der Waals surface area contributed by atoms with Crippen molar-refractivity contribution in [1.29, 1.82) is 0 Å². The molecule has 0 radical (unpaired) electrons. The highest BCUT2D eigenvalue weighted by atomic mass is 32.1. The van der Waals surface area contributed by atoms with E-state index in [2.05, 4.69) is 16.8 Å². The standard InChI is InChI=1S/C33H34FN5O3S/c1-18(2)17-25-28(31(35)40)30(29(33(42)39-36)24(37-25)13-9-19-7-11-21(34)12-8-19)26-15-16-27(43-26)32(41)38-23-14-10-20-5-3-4-6-22(20)23/h3-8,11-12,15-16,18,23H,9-10,13-14,17,36H2,1-2H3,(H2,35,40)(H,38,41)(H,39,42). The number of primary amides is 1. The summed E-state index contributed by atoms with van der Waals surface area (Å²) in [5.41, 5.74) is 12.8. The summed E-state index contributed by atoms with van der Waals surface area (Å²) in [6.45, 7) is 4.00. The van der Waals surface area contributed by atoms with Gasteiger partial charge in [0.2, 0.25) is 0 Å². The number of nitrogen functional groups attached to an aromatic ring is 1. The lowest BCUT2D eigenvalue weighted by Crippen LogP contribution is -2.33. The number of aryl methyl sites for hydroxylation is 3. The maximum absolute atomic E-state index is 13.5. The van der Waals surface area contributed by atoms with Gasteiger partial charge in [-0.15, -0.1) is 11.3 Å². The zero-order valence-electron chi connectivity index (χ0n) is 24.1. The molecule has 0 fully saturated rings. The largest absolute Gasteiger partial charge is 0.366 e. The number of pyridine rings is 1. The van der Waals surface area contributed by atoms with Gasteiger partial charge in [0.1, 0.15) is 5.82 Å². The number of nitrogens with one attached hydrogen (secondary N) is 2. The molecule has 1 aliphatic carbocycles. The summed E-state index contributed by atoms with van der Waals surface area (Å²) in [7, 11) is 0. The van der Waals surface area contributed by atoms with Gasteiger partial charge in [-0.25, -0.2) is 10.2 Å². The van der Waals surface area contributed by atoms with E-state index in [1.807, 2.05) is 32.0 Å². The number of hydrogen-bond acceptors (Lipinski definition) is 6. The lowest BCUT2D eigenvalue weighted by Gasteiger charge is -2.20.